The molecule has 1 aliphatic heterocycles. The van der Waals surface area contributed by atoms with Gasteiger partial charge in [0.05, 0.1) is 6.33 Å². The fourth-order valence-electron chi connectivity index (χ4n) is 2.95. The van der Waals surface area contributed by atoms with Crippen LogP contribution in [0.1, 0.15) is 25.1 Å². The van der Waals surface area contributed by atoms with Crippen LogP contribution in [0.3, 0.4) is 0 Å². The SMILES string of the molecule is CC(=O)Nc1nc(OCc2ccccc2)c2ncn([C@H]3C[C@H](O)[C@@H](O)O3)c2n1. The maximum Gasteiger partial charge on any atom is 0.247 e. The molecule has 0 unspecified atom stereocenters. The Kier molecular flexibility index (Phi) is 4.90. The minimum Gasteiger partial charge on any atom is -0.471 e. The number of aromatic nitrogens is 4. The molecular weight excluding hydrogens is 366 g/mol. The van der Waals surface area contributed by atoms with Crippen molar-refractivity contribution in [2.75, 3.05) is 5.32 Å². The van der Waals surface area contributed by atoms with Crippen LogP contribution in [0.15, 0.2) is 36.7 Å². The fraction of sp³-hybridized carbons (Fsp3) is 0.333. The van der Waals surface area contributed by atoms with Crippen LogP contribution in [0, 0.1) is 0 Å². The van der Waals surface area contributed by atoms with Crippen molar-refractivity contribution in [2.45, 2.75) is 38.6 Å². The lowest BCUT2D eigenvalue weighted by molar-refractivity contribution is -0.140. The van der Waals surface area contributed by atoms with Gasteiger partial charge in [0.15, 0.2) is 17.5 Å². The van der Waals surface area contributed by atoms with Gasteiger partial charge in [-0.25, -0.2) is 4.98 Å². The Morgan fingerprint density at radius 1 is 1.32 bits per heavy atom. The largest absolute Gasteiger partial charge is 0.471 e. The number of carbonyl (C=O) groups excluding carboxylic acids is 1. The van der Waals surface area contributed by atoms with Gasteiger partial charge in [0, 0.05) is 13.3 Å². The molecule has 3 aromatic rings. The summed E-state index contributed by atoms with van der Waals surface area (Å²) in [5.41, 5.74) is 1.68. The third-order valence-corrected chi connectivity index (χ3v) is 4.27. The Morgan fingerprint density at radius 2 is 2.11 bits per heavy atom. The Morgan fingerprint density at radius 3 is 2.79 bits per heavy atom. The van der Waals surface area contributed by atoms with Gasteiger partial charge in [-0.3, -0.25) is 14.7 Å². The first-order valence-electron chi connectivity index (χ1n) is 8.72. The van der Waals surface area contributed by atoms with E-state index in [1.54, 1.807) is 4.57 Å². The lowest BCUT2D eigenvalue weighted by Gasteiger charge is -2.13. The van der Waals surface area contributed by atoms with E-state index in [0.717, 1.165) is 5.56 Å². The average molecular weight is 385 g/mol. The highest BCUT2D eigenvalue weighted by Crippen LogP contribution is 2.32. The van der Waals surface area contributed by atoms with Gasteiger partial charge < -0.3 is 19.7 Å². The summed E-state index contributed by atoms with van der Waals surface area (Å²) < 4.78 is 12.8. The molecule has 0 radical (unpaired) electrons. The quantitative estimate of drug-likeness (QED) is 0.592. The Balaban J connectivity index is 1.70. The maximum absolute atomic E-state index is 11.5. The molecule has 1 amide bonds. The number of carbonyl (C=O) groups is 1. The predicted octanol–water partition coefficient (Wildman–Crippen LogP) is 0.962. The van der Waals surface area contributed by atoms with Crippen LogP contribution in [0.4, 0.5) is 5.95 Å². The Labute approximate surface area is 159 Å². The zero-order chi connectivity index (χ0) is 19.7. The molecule has 0 saturated carbocycles. The highest BCUT2D eigenvalue weighted by molar-refractivity contribution is 5.88. The number of aliphatic hydroxyl groups excluding tert-OH is 2. The molecule has 3 heterocycles. The van der Waals surface area contributed by atoms with Crippen LogP contribution in [0.2, 0.25) is 0 Å². The summed E-state index contributed by atoms with van der Waals surface area (Å²) in [6.45, 7) is 1.61. The second kappa shape index (κ2) is 7.50. The van der Waals surface area contributed by atoms with E-state index in [2.05, 4.69) is 20.3 Å². The zero-order valence-electron chi connectivity index (χ0n) is 15.0. The first kappa shape index (κ1) is 18.3. The van der Waals surface area contributed by atoms with E-state index < -0.39 is 18.6 Å². The number of hydrogen-bond acceptors (Lipinski definition) is 8. The molecule has 10 nitrogen and oxygen atoms in total. The molecule has 1 aromatic carbocycles. The van der Waals surface area contributed by atoms with Crippen molar-refractivity contribution in [1.82, 2.24) is 19.5 Å². The van der Waals surface area contributed by atoms with Crippen LogP contribution in [0.25, 0.3) is 11.2 Å². The molecule has 28 heavy (non-hydrogen) atoms. The monoisotopic (exact) mass is 385 g/mol. The number of nitrogens with one attached hydrogen (secondary N) is 1. The molecule has 1 fully saturated rings. The normalized spacial score (nSPS) is 21.8. The van der Waals surface area contributed by atoms with Crippen molar-refractivity contribution in [2.24, 2.45) is 0 Å². The number of ether oxygens (including phenoxy) is 2. The minimum atomic E-state index is -1.28. The van der Waals surface area contributed by atoms with Crippen LogP contribution >= 0.6 is 0 Å². The summed E-state index contributed by atoms with van der Waals surface area (Å²) in [6.07, 6.45) is -1.30. The third kappa shape index (κ3) is 3.65. The van der Waals surface area contributed by atoms with Crippen molar-refractivity contribution in [3.8, 4) is 5.88 Å². The first-order chi connectivity index (χ1) is 13.5. The molecule has 4 rings (SSSR count). The van der Waals surface area contributed by atoms with Crippen molar-refractivity contribution >= 4 is 23.0 Å². The zero-order valence-corrected chi connectivity index (χ0v) is 15.0. The van der Waals surface area contributed by atoms with Crippen LogP contribution in [-0.4, -0.2) is 48.0 Å². The van der Waals surface area contributed by atoms with Crippen LogP contribution in [-0.2, 0) is 16.1 Å². The molecule has 0 spiro atoms. The molecule has 0 aliphatic carbocycles. The average Bonchev–Trinajstić information content (AvgIpc) is 3.23. The first-order valence-corrected chi connectivity index (χ1v) is 8.72. The lowest BCUT2D eigenvalue weighted by Crippen LogP contribution is -2.19. The highest BCUT2D eigenvalue weighted by atomic mass is 16.6. The fourth-order valence-corrected chi connectivity index (χ4v) is 2.95. The smallest absolute Gasteiger partial charge is 0.247 e. The summed E-state index contributed by atoms with van der Waals surface area (Å²) in [4.78, 5) is 24.3. The van der Waals surface area contributed by atoms with Crippen molar-refractivity contribution in [1.29, 1.82) is 0 Å². The van der Waals surface area contributed by atoms with Crippen LogP contribution < -0.4 is 10.1 Å². The topological polar surface area (TPSA) is 132 Å². The van der Waals surface area contributed by atoms with Crippen LogP contribution in [0.5, 0.6) is 5.88 Å². The molecule has 1 aliphatic rings. The minimum absolute atomic E-state index is 0.0592. The summed E-state index contributed by atoms with van der Waals surface area (Å²) in [5, 5.41) is 22.0. The van der Waals surface area contributed by atoms with Gasteiger partial charge in [-0.2, -0.15) is 9.97 Å². The van der Waals surface area contributed by atoms with E-state index in [4.69, 9.17) is 9.47 Å². The summed E-state index contributed by atoms with van der Waals surface area (Å²) >= 11 is 0. The van der Waals surface area contributed by atoms with Gasteiger partial charge >= 0.3 is 0 Å². The molecular formula is C18H19N5O5. The lowest BCUT2D eigenvalue weighted by atomic mass is 10.2. The van der Waals surface area contributed by atoms with E-state index >= 15 is 0 Å². The molecule has 1 saturated heterocycles. The van der Waals surface area contributed by atoms with Gasteiger partial charge in [-0.1, -0.05) is 30.3 Å². The van der Waals surface area contributed by atoms with Gasteiger partial charge in [-0.15, -0.1) is 0 Å². The maximum atomic E-state index is 11.5. The highest BCUT2D eigenvalue weighted by Gasteiger charge is 2.34. The van der Waals surface area contributed by atoms with E-state index in [0.29, 0.717) is 11.2 Å². The van der Waals surface area contributed by atoms with Gasteiger partial charge in [0.25, 0.3) is 0 Å². The molecule has 10 heteroatoms. The molecule has 146 valence electrons. The second-order valence-corrected chi connectivity index (χ2v) is 6.42. The number of anilines is 1. The van der Waals surface area contributed by atoms with E-state index in [9.17, 15) is 15.0 Å². The van der Waals surface area contributed by atoms with Crippen molar-refractivity contribution < 1.29 is 24.5 Å². The predicted molar refractivity (Wildman–Crippen MR) is 97.2 cm³/mol. The summed E-state index contributed by atoms with van der Waals surface area (Å²) in [7, 11) is 0. The number of aliphatic hydroxyl groups is 2. The Bertz CT molecular complexity index is 983. The van der Waals surface area contributed by atoms with Gasteiger partial charge in [-0.05, 0) is 5.56 Å². The molecule has 3 N–H and O–H groups in total. The number of fused-ring (bicyclic) bond motifs is 1. The summed E-state index contributed by atoms with van der Waals surface area (Å²) in [5.74, 6) is -0.0678. The molecule has 0 bridgehead atoms. The third-order valence-electron chi connectivity index (χ3n) is 4.27. The standard InChI is InChI=1S/C18H19N5O5/c1-10(24)20-18-21-15-14(16(22-18)27-8-11-5-3-2-4-6-11)19-9-23(15)13-7-12(25)17(26)28-13/h2-6,9,12-13,17,25-26H,7-8H2,1H3,(H,20,21,22,24)/t12-,13+,17-/m0/s1. The van der Waals surface area contributed by atoms with Gasteiger partial charge in [0.2, 0.25) is 17.7 Å². The van der Waals surface area contributed by atoms with Crippen molar-refractivity contribution in [3.05, 3.63) is 42.2 Å². The van der Waals surface area contributed by atoms with Crippen molar-refractivity contribution in [3.63, 3.8) is 0 Å². The number of hydrogen-bond donors (Lipinski definition) is 3. The number of rotatable bonds is 5. The number of amides is 1. The van der Waals surface area contributed by atoms with Gasteiger partial charge in [0.1, 0.15) is 18.9 Å². The summed E-state index contributed by atoms with van der Waals surface area (Å²) in [6, 6.07) is 9.55. The number of imidazole rings is 1. The number of benzene rings is 1. The molecule has 2 aromatic heterocycles. The number of nitrogens with zero attached hydrogens (tertiary/aromatic N) is 4. The molecule has 3 atom stereocenters. The Hall–Kier alpha value is -3.08. The van der Waals surface area contributed by atoms with E-state index in [-0.39, 0.29) is 30.8 Å². The van der Waals surface area contributed by atoms with E-state index in [1.165, 1.54) is 13.3 Å². The van der Waals surface area contributed by atoms with E-state index in [1.807, 2.05) is 30.3 Å². The second-order valence-electron chi connectivity index (χ2n) is 6.42.